The van der Waals surface area contributed by atoms with E-state index in [0.717, 1.165) is 55.8 Å². The summed E-state index contributed by atoms with van der Waals surface area (Å²) in [5.41, 5.74) is 1.21. The fraction of sp³-hybridized carbons (Fsp3) is 0.440. The summed E-state index contributed by atoms with van der Waals surface area (Å²) >= 11 is 7.67. The first kappa shape index (κ1) is 22.7. The first-order valence-corrected chi connectivity index (χ1v) is 13.5. The second-order valence-corrected chi connectivity index (χ2v) is 10.8. The number of fused-ring (bicyclic) bond motifs is 5. The van der Waals surface area contributed by atoms with E-state index in [1.165, 1.54) is 30.6 Å². The normalized spacial score (nSPS) is 17.1. The van der Waals surface area contributed by atoms with E-state index in [1.807, 2.05) is 22.6 Å². The second kappa shape index (κ2) is 9.37. The van der Waals surface area contributed by atoms with Gasteiger partial charge in [0.05, 0.1) is 15.6 Å². The molecular formula is C25H27ClN6O2S. The zero-order chi connectivity index (χ0) is 23.9. The average molecular weight is 511 g/mol. The molecule has 1 amide bonds. The van der Waals surface area contributed by atoms with Gasteiger partial charge in [0.1, 0.15) is 10.4 Å². The number of amides is 1. The minimum atomic E-state index is -0.355. The van der Waals surface area contributed by atoms with Crippen molar-refractivity contribution in [2.75, 3.05) is 44.2 Å². The Hall–Kier alpha value is -2.75. The number of nitrogens with zero attached hydrogens (tertiary/aromatic N) is 5. The Labute approximate surface area is 211 Å². The summed E-state index contributed by atoms with van der Waals surface area (Å²) in [7, 11) is 0. The van der Waals surface area contributed by atoms with Crippen molar-refractivity contribution >= 4 is 60.9 Å². The van der Waals surface area contributed by atoms with E-state index in [-0.39, 0.29) is 16.9 Å². The molecule has 2 saturated heterocycles. The average Bonchev–Trinajstić information content (AvgIpc) is 3.52. The number of carbonyl (C=O) groups is 1. The van der Waals surface area contributed by atoms with E-state index < -0.39 is 0 Å². The first-order valence-electron chi connectivity index (χ1n) is 12.3. The molecule has 0 aliphatic carbocycles. The van der Waals surface area contributed by atoms with Crippen molar-refractivity contribution in [3.8, 4) is 0 Å². The van der Waals surface area contributed by atoms with E-state index in [4.69, 9.17) is 16.6 Å². The number of halogens is 1. The molecule has 4 aromatic rings. The minimum absolute atomic E-state index is 0.144. The van der Waals surface area contributed by atoms with Crippen molar-refractivity contribution < 1.29 is 4.79 Å². The summed E-state index contributed by atoms with van der Waals surface area (Å²) in [5, 5.41) is 3.94. The number of benzene rings is 1. The van der Waals surface area contributed by atoms with Gasteiger partial charge in [-0.05, 0) is 63.4 Å². The number of piperidine rings is 1. The highest BCUT2D eigenvalue weighted by atomic mass is 35.5. The van der Waals surface area contributed by atoms with Crippen molar-refractivity contribution in [2.45, 2.75) is 32.1 Å². The molecule has 1 N–H and O–H groups in total. The lowest BCUT2D eigenvalue weighted by Gasteiger charge is -2.26. The highest BCUT2D eigenvalue weighted by Gasteiger charge is 2.24. The molecule has 2 aliphatic heterocycles. The van der Waals surface area contributed by atoms with Gasteiger partial charge in [-0.2, -0.15) is 4.98 Å². The van der Waals surface area contributed by atoms with Crippen LogP contribution in [-0.4, -0.2) is 64.4 Å². The van der Waals surface area contributed by atoms with Crippen LogP contribution in [0.1, 0.15) is 42.5 Å². The van der Waals surface area contributed by atoms with E-state index in [9.17, 15) is 9.59 Å². The molecule has 2 fully saturated rings. The lowest BCUT2D eigenvalue weighted by atomic mass is 10.1. The van der Waals surface area contributed by atoms with Crippen LogP contribution in [0.3, 0.4) is 0 Å². The van der Waals surface area contributed by atoms with Gasteiger partial charge in [0.2, 0.25) is 11.4 Å². The van der Waals surface area contributed by atoms with Gasteiger partial charge in [0.15, 0.2) is 5.65 Å². The monoisotopic (exact) mass is 510 g/mol. The maximum absolute atomic E-state index is 13.6. The lowest BCUT2D eigenvalue weighted by Crippen LogP contribution is -2.36. The van der Waals surface area contributed by atoms with Crippen LogP contribution in [0.2, 0.25) is 5.02 Å². The number of hydrogen-bond acceptors (Lipinski definition) is 7. The standard InChI is InChI=1S/C25H27ClN6O2S/c26-16-6-7-18-19(14-16)35-24-20(23(34)27-8-13-30-9-4-5-10-30)21(33)17-15-28-25(29-22(17)32(18)24)31-11-2-1-3-12-31/h6-7,14-15H,1-5,8-13H2,(H,27,34). The van der Waals surface area contributed by atoms with Gasteiger partial charge in [0, 0.05) is 37.4 Å². The molecule has 35 heavy (non-hydrogen) atoms. The van der Waals surface area contributed by atoms with Crippen molar-refractivity contribution in [3.63, 3.8) is 0 Å². The van der Waals surface area contributed by atoms with Crippen LogP contribution in [0.25, 0.3) is 26.1 Å². The van der Waals surface area contributed by atoms with Crippen LogP contribution in [0.4, 0.5) is 5.95 Å². The third kappa shape index (κ3) is 4.15. The van der Waals surface area contributed by atoms with Crippen molar-refractivity contribution in [2.24, 2.45) is 0 Å². The summed E-state index contributed by atoms with van der Waals surface area (Å²) in [6.45, 7) is 5.22. The van der Waals surface area contributed by atoms with E-state index in [0.29, 0.717) is 33.4 Å². The van der Waals surface area contributed by atoms with Gasteiger partial charge in [0.25, 0.3) is 5.91 Å². The highest BCUT2D eigenvalue weighted by Crippen LogP contribution is 2.33. The van der Waals surface area contributed by atoms with Crippen LogP contribution in [0.15, 0.2) is 29.2 Å². The van der Waals surface area contributed by atoms with Crippen molar-refractivity contribution in [3.05, 3.63) is 45.2 Å². The van der Waals surface area contributed by atoms with Crippen LogP contribution in [0.5, 0.6) is 0 Å². The smallest absolute Gasteiger partial charge is 0.258 e. The number of carbonyl (C=O) groups excluding carboxylic acids is 1. The molecular weight excluding hydrogens is 484 g/mol. The molecule has 0 atom stereocenters. The number of hydrogen-bond donors (Lipinski definition) is 1. The van der Waals surface area contributed by atoms with Crippen molar-refractivity contribution in [1.82, 2.24) is 24.6 Å². The Bertz CT molecular complexity index is 1490. The first-order chi connectivity index (χ1) is 17.1. The number of likely N-dealkylation sites (tertiary alicyclic amines) is 1. The molecule has 2 aliphatic rings. The maximum Gasteiger partial charge on any atom is 0.258 e. The van der Waals surface area contributed by atoms with Gasteiger partial charge < -0.3 is 15.1 Å². The Morgan fingerprint density at radius 2 is 1.86 bits per heavy atom. The number of pyridine rings is 1. The molecule has 1 aromatic carbocycles. The fourth-order valence-corrected chi connectivity index (χ4v) is 6.64. The molecule has 6 rings (SSSR count). The molecule has 3 aromatic heterocycles. The topological polar surface area (TPSA) is 82.8 Å². The summed E-state index contributed by atoms with van der Waals surface area (Å²) in [5.74, 6) is 0.271. The largest absolute Gasteiger partial charge is 0.351 e. The van der Waals surface area contributed by atoms with Crippen LogP contribution >= 0.6 is 22.9 Å². The third-order valence-corrected chi connectivity index (χ3v) is 8.37. The summed E-state index contributed by atoms with van der Waals surface area (Å²) in [6.07, 6.45) is 7.40. The summed E-state index contributed by atoms with van der Waals surface area (Å²) in [6, 6.07) is 5.61. The summed E-state index contributed by atoms with van der Waals surface area (Å²) in [4.78, 5) is 41.5. The highest BCUT2D eigenvalue weighted by molar-refractivity contribution is 7.24. The van der Waals surface area contributed by atoms with Gasteiger partial charge in [-0.15, -0.1) is 11.3 Å². The molecule has 8 nitrogen and oxygen atoms in total. The Balaban J connectivity index is 1.49. The Morgan fingerprint density at radius 1 is 1.09 bits per heavy atom. The maximum atomic E-state index is 13.6. The zero-order valence-corrected chi connectivity index (χ0v) is 21.0. The molecule has 0 spiro atoms. The minimum Gasteiger partial charge on any atom is -0.351 e. The van der Waals surface area contributed by atoms with Gasteiger partial charge in [-0.3, -0.25) is 14.0 Å². The molecule has 0 saturated carbocycles. The zero-order valence-electron chi connectivity index (χ0n) is 19.4. The summed E-state index contributed by atoms with van der Waals surface area (Å²) < 4.78 is 2.83. The van der Waals surface area contributed by atoms with Crippen LogP contribution in [0, 0.1) is 0 Å². The number of thiazole rings is 1. The van der Waals surface area contributed by atoms with E-state index >= 15 is 0 Å². The second-order valence-electron chi connectivity index (χ2n) is 9.32. The van der Waals surface area contributed by atoms with Gasteiger partial charge in [-0.25, -0.2) is 4.98 Å². The SMILES string of the molecule is O=C(NCCN1CCCC1)c1c(=O)c2cnc(N3CCCCC3)nc2n2c1sc1cc(Cl)ccc12. The quantitative estimate of drug-likeness (QED) is 0.438. The fourth-order valence-electron chi connectivity index (χ4n) is 5.18. The van der Waals surface area contributed by atoms with Crippen molar-refractivity contribution in [1.29, 1.82) is 0 Å². The molecule has 10 heteroatoms. The van der Waals surface area contributed by atoms with Gasteiger partial charge >= 0.3 is 0 Å². The Kier molecular flexibility index (Phi) is 6.07. The number of anilines is 1. The predicted molar refractivity (Wildman–Crippen MR) is 141 cm³/mol. The van der Waals surface area contributed by atoms with Crippen LogP contribution < -0.4 is 15.6 Å². The Morgan fingerprint density at radius 3 is 2.66 bits per heavy atom. The number of rotatable bonds is 5. The van der Waals surface area contributed by atoms with Gasteiger partial charge in [-0.1, -0.05) is 11.6 Å². The number of aromatic nitrogens is 3. The molecule has 5 heterocycles. The van der Waals surface area contributed by atoms with E-state index in [2.05, 4.69) is 20.1 Å². The van der Waals surface area contributed by atoms with Crippen LogP contribution in [-0.2, 0) is 0 Å². The number of nitrogens with one attached hydrogen (secondary N) is 1. The predicted octanol–water partition coefficient (Wildman–Crippen LogP) is 3.93. The van der Waals surface area contributed by atoms with E-state index in [1.54, 1.807) is 6.20 Å². The molecule has 0 bridgehead atoms. The lowest BCUT2D eigenvalue weighted by molar-refractivity contribution is 0.0950. The molecule has 0 radical (unpaired) electrons. The molecule has 182 valence electrons. The molecule has 0 unspecified atom stereocenters. The third-order valence-electron chi connectivity index (χ3n) is 7.00.